The second-order valence-corrected chi connectivity index (χ2v) is 19.0. The number of alkyl halides is 1. The molecule has 6 aromatic rings. The van der Waals surface area contributed by atoms with E-state index in [0.29, 0.717) is 27.8 Å². The Bertz CT molecular complexity index is 3170. The summed E-state index contributed by atoms with van der Waals surface area (Å²) < 4.78 is 44.5. The maximum Gasteiger partial charge on any atom is 0.325 e. The first kappa shape index (κ1) is 61.9. The van der Waals surface area contributed by atoms with Gasteiger partial charge in [-0.15, -0.1) is 0 Å². The van der Waals surface area contributed by atoms with Gasteiger partial charge < -0.3 is 67.9 Å². The maximum absolute atomic E-state index is 12.9. The van der Waals surface area contributed by atoms with Crippen LogP contribution in [0.2, 0.25) is 0 Å². The number of nitrogens with zero attached hydrogens (tertiary/aromatic N) is 1. The van der Waals surface area contributed by atoms with E-state index < -0.39 is 67.7 Å². The molecular weight excluding hydrogens is 1080 g/mol. The third kappa shape index (κ3) is 15.2. The Morgan fingerprint density at radius 1 is 0.667 bits per heavy atom. The summed E-state index contributed by atoms with van der Waals surface area (Å²) in [6, 6.07) is 25.8. The summed E-state index contributed by atoms with van der Waals surface area (Å²) in [5.41, 5.74) is 4.50. The Morgan fingerprint density at radius 2 is 1.21 bits per heavy atom. The number of hydrogen-bond donors (Lipinski definition) is 5. The molecule has 0 aliphatic carbocycles. The van der Waals surface area contributed by atoms with E-state index in [9.17, 15) is 49.2 Å². The summed E-state index contributed by atoms with van der Waals surface area (Å²) in [4.78, 5) is 72.5. The number of aromatic amines is 1. The first-order valence-electron chi connectivity index (χ1n) is 24.4. The molecule has 2 aromatic heterocycles. The Morgan fingerprint density at radius 3 is 1.73 bits per heavy atom. The molecule has 2 aliphatic rings. The number of esters is 4. The van der Waals surface area contributed by atoms with Crippen LogP contribution in [0.3, 0.4) is 0 Å². The molecule has 0 bridgehead atoms. The Hall–Kier alpha value is -6.98. The molecule has 2 fully saturated rings. The van der Waals surface area contributed by atoms with Gasteiger partial charge in [-0.05, 0) is 112 Å². The Labute approximate surface area is 458 Å². The zero-order valence-electron chi connectivity index (χ0n) is 43.7. The molecule has 2 aliphatic heterocycles. The van der Waals surface area contributed by atoms with E-state index >= 15 is 0 Å². The van der Waals surface area contributed by atoms with Gasteiger partial charge >= 0.3 is 23.9 Å². The second kappa shape index (κ2) is 28.1. The number of halogens is 1. The summed E-state index contributed by atoms with van der Waals surface area (Å²) in [5.74, 6) is -0.750. The Balaban J connectivity index is 0.000000257. The van der Waals surface area contributed by atoms with Gasteiger partial charge in [0.2, 0.25) is 12.6 Å². The lowest BCUT2D eigenvalue weighted by Crippen LogP contribution is -2.60. The predicted molar refractivity (Wildman–Crippen MR) is 292 cm³/mol. The zero-order chi connectivity index (χ0) is 56.2. The summed E-state index contributed by atoms with van der Waals surface area (Å²) >= 11 is 2.90. The number of aromatic nitrogens is 2. The lowest BCUT2D eigenvalue weighted by Gasteiger charge is -2.43. The molecule has 8 rings (SSSR count). The number of H-pyrrole nitrogens is 1. The van der Waals surface area contributed by atoms with Crippen LogP contribution >= 0.6 is 15.9 Å². The number of carbonyl (C=O) groups is 4. The number of methoxy groups -OCH3 is 2. The van der Waals surface area contributed by atoms with Crippen LogP contribution in [0, 0.1) is 25.7 Å². The van der Waals surface area contributed by atoms with Crippen molar-refractivity contribution >= 4 is 61.4 Å². The zero-order valence-corrected chi connectivity index (χ0v) is 45.3. The maximum atomic E-state index is 12.9. The molecule has 0 amide bonds. The SMILES string of the molecule is C.CC(=O)OCC1OC(Oc2ccc(-c3ccc4cc[nH]c(=O)c4c3)cc2C)C(OC(C)=O)C(C)C1C.COC(=O)CBr.COC(=O)Cn1ccc2ccc(-c3ccc(OC4OC(CO)C(O)C(O)C4O)c(C)c3)cc2c1=O. The van der Waals surface area contributed by atoms with Gasteiger partial charge in [-0.3, -0.25) is 28.8 Å². The normalized spacial score (nSPS) is 22.5. The highest BCUT2D eigenvalue weighted by atomic mass is 79.9. The number of benzene rings is 4. The lowest BCUT2D eigenvalue weighted by molar-refractivity contribution is -0.277. The van der Waals surface area contributed by atoms with Gasteiger partial charge in [0.25, 0.3) is 11.1 Å². The van der Waals surface area contributed by atoms with Crippen LogP contribution in [-0.2, 0) is 54.1 Å². The van der Waals surface area contributed by atoms with E-state index in [1.54, 1.807) is 43.6 Å². The summed E-state index contributed by atoms with van der Waals surface area (Å²) in [5, 5.41) is 42.4. The molecule has 0 saturated carbocycles. The summed E-state index contributed by atoms with van der Waals surface area (Å²) in [6.07, 6.45) is -5.60. The molecule has 0 radical (unpaired) electrons. The van der Waals surface area contributed by atoms with Crippen molar-refractivity contribution in [2.75, 3.05) is 32.8 Å². The van der Waals surface area contributed by atoms with Crippen molar-refractivity contribution in [2.45, 2.75) is 105 Å². The fourth-order valence-electron chi connectivity index (χ4n) is 8.64. The number of fused-ring (bicyclic) bond motifs is 2. The van der Waals surface area contributed by atoms with Gasteiger partial charge in [0, 0.05) is 42.9 Å². The number of rotatable bonds is 13. The number of aliphatic hydroxyl groups excluding tert-OH is 4. The minimum Gasteiger partial charge on any atom is -0.468 e. The van der Waals surface area contributed by atoms with Crippen LogP contribution in [0.1, 0.15) is 46.2 Å². The van der Waals surface area contributed by atoms with Crippen molar-refractivity contribution in [1.29, 1.82) is 0 Å². The van der Waals surface area contributed by atoms with Crippen LogP contribution in [0.4, 0.5) is 0 Å². The number of carbonyl (C=O) groups excluding carboxylic acids is 4. The third-order valence-corrected chi connectivity index (χ3v) is 13.7. The topological polar surface area (TPSA) is 278 Å². The highest BCUT2D eigenvalue weighted by Gasteiger charge is 2.46. The first-order valence-corrected chi connectivity index (χ1v) is 25.6. The van der Waals surface area contributed by atoms with E-state index in [1.807, 2.05) is 81.4 Å². The van der Waals surface area contributed by atoms with Crippen molar-refractivity contribution in [3.05, 3.63) is 129 Å². The molecular formula is C57H67BrN2O18. The van der Waals surface area contributed by atoms with E-state index in [1.165, 1.54) is 32.6 Å². The van der Waals surface area contributed by atoms with Crippen molar-refractivity contribution in [2.24, 2.45) is 11.8 Å². The quantitative estimate of drug-likeness (QED) is 0.0512. The molecule has 78 heavy (non-hydrogen) atoms. The standard InChI is InChI=1S/C28H31NO7.C25H27NO9.C3H5BrO2.CH4/c1-15-12-21(22-7-6-20-10-11-29-27(32)23(20)13-22)8-9-24(15)35-28-26(34-19(5)31)17(3)16(2)25(36-28)14-33-18(4)30;1-13-9-15(5-6-18(13)34-25-23(31)22(30)21(29)19(12-27)35-25)16-4-3-14-7-8-26(11-20(28)33-2)24(32)17(14)10-16;1-6-3(5)2-4;/h6-13,16-17,25-26,28H,14H2,1-5H3,(H,29,32);3-10,19,21-23,25,27,29-31H,11-12H2,1-2H3;2H2,1H3;1H4. The highest BCUT2D eigenvalue weighted by molar-refractivity contribution is 9.09. The van der Waals surface area contributed by atoms with Crippen LogP contribution < -0.4 is 20.6 Å². The van der Waals surface area contributed by atoms with Crippen molar-refractivity contribution in [3.8, 4) is 33.8 Å². The van der Waals surface area contributed by atoms with E-state index in [4.69, 9.17) is 28.4 Å². The van der Waals surface area contributed by atoms with Crippen LogP contribution in [-0.4, -0.2) is 136 Å². The number of aryl methyl sites for hydroxylation is 2. The van der Waals surface area contributed by atoms with Crippen LogP contribution in [0.15, 0.2) is 107 Å². The fourth-order valence-corrected chi connectivity index (χ4v) is 8.87. The number of aliphatic hydroxyl groups is 4. The monoisotopic (exact) mass is 1150 g/mol. The minimum absolute atomic E-state index is 0. The van der Waals surface area contributed by atoms with E-state index in [2.05, 4.69) is 30.4 Å². The number of ether oxygens (including phenoxy) is 8. The number of pyridine rings is 2. The molecule has 20 nitrogen and oxygen atoms in total. The van der Waals surface area contributed by atoms with Gasteiger partial charge in [0.15, 0.2) is 6.10 Å². The Kier molecular flexibility index (Phi) is 22.3. The number of nitrogens with one attached hydrogen (secondary N) is 1. The van der Waals surface area contributed by atoms with Crippen molar-refractivity contribution in [3.63, 3.8) is 0 Å². The van der Waals surface area contributed by atoms with Crippen molar-refractivity contribution in [1.82, 2.24) is 9.55 Å². The molecule has 0 spiro atoms. The van der Waals surface area contributed by atoms with Gasteiger partial charge in [-0.25, -0.2) is 0 Å². The van der Waals surface area contributed by atoms with Crippen molar-refractivity contribution < 1.29 is 77.5 Å². The number of hydrogen-bond acceptors (Lipinski definition) is 18. The molecule has 5 N–H and O–H groups in total. The lowest BCUT2D eigenvalue weighted by atomic mass is 9.83. The predicted octanol–water partition coefficient (Wildman–Crippen LogP) is 5.89. The van der Waals surface area contributed by atoms with Gasteiger partial charge in [-0.2, -0.15) is 0 Å². The van der Waals surface area contributed by atoms with Gasteiger partial charge in [-0.1, -0.05) is 73.6 Å². The van der Waals surface area contributed by atoms with Crippen LogP contribution in [0.5, 0.6) is 11.5 Å². The van der Waals surface area contributed by atoms with Gasteiger partial charge in [0.1, 0.15) is 54.4 Å². The summed E-state index contributed by atoms with van der Waals surface area (Å²) in [7, 11) is 2.61. The molecule has 420 valence electrons. The summed E-state index contributed by atoms with van der Waals surface area (Å²) in [6.45, 7) is 9.70. The van der Waals surface area contributed by atoms with Crippen LogP contribution in [0.25, 0.3) is 43.8 Å². The second-order valence-electron chi connectivity index (χ2n) is 18.5. The molecule has 4 aromatic carbocycles. The third-order valence-electron chi connectivity index (χ3n) is 13.2. The fraction of sp³-hybridized carbons (Fsp3) is 0.404. The largest absolute Gasteiger partial charge is 0.468 e. The molecule has 2 saturated heterocycles. The first-order chi connectivity index (χ1) is 36.7. The molecule has 4 heterocycles. The average Bonchev–Trinajstić information content (AvgIpc) is 3.42. The average molecular weight is 1150 g/mol. The molecule has 21 heteroatoms. The molecule has 10 unspecified atom stereocenters. The smallest absolute Gasteiger partial charge is 0.325 e. The highest BCUT2D eigenvalue weighted by Crippen LogP contribution is 2.37. The van der Waals surface area contributed by atoms with Gasteiger partial charge in [0.05, 0.1) is 26.9 Å². The van der Waals surface area contributed by atoms with E-state index in [-0.39, 0.29) is 60.8 Å². The minimum atomic E-state index is -1.54. The molecule has 10 atom stereocenters. The van der Waals surface area contributed by atoms with E-state index in [0.717, 1.165) is 38.6 Å².